The van der Waals surface area contributed by atoms with Crippen LogP contribution in [0.15, 0.2) is 12.4 Å². The molecule has 3 aliphatic heterocycles. The molecule has 214 valence electrons. The van der Waals surface area contributed by atoms with Gasteiger partial charge in [0.05, 0.1) is 11.3 Å². The zero-order valence-corrected chi connectivity index (χ0v) is 23.3. The topological polar surface area (TPSA) is 136 Å². The van der Waals surface area contributed by atoms with E-state index in [1.807, 2.05) is 25.7 Å². The van der Waals surface area contributed by atoms with E-state index < -0.39 is 56.3 Å². The number of halogens is 3. The van der Waals surface area contributed by atoms with Crippen LogP contribution >= 0.6 is 0 Å². The molecule has 2 saturated heterocycles. The quantitative estimate of drug-likeness (QED) is 0.520. The number of hydrogen-bond donors (Lipinski definition) is 0. The van der Waals surface area contributed by atoms with Crippen molar-refractivity contribution in [3.8, 4) is 6.07 Å². The van der Waals surface area contributed by atoms with E-state index in [4.69, 9.17) is 5.26 Å². The molecule has 3 atom stereocenters. The molecule has 15 heteroatoms. The Kier molecular flexibility index (Phi) is 6.67. The van der Waals surface area contributed by atoms with Crippen LogP contribution in [-0.4, -0.2) is 88.3 Å². The van der Waals surface area contributed by atoms with Gasteiger partial charge in [-0.1, -0.05) is 13.8 Å². The van der Waals surface area contributed by atoms with Crippen LogP contribution < -0.4 is 9.80 Å². The summed E-state index contributed by atoms with van der Waals surface area (Å²) in [6, 6.07) is 2.05. The Hall–Kier alpha value is -3.54. The summed E-state index contributed by atoms with van der Waals surface area (Å²) >= 11 is 0. The lowest BCUT2D eigenvalue weighted by Crippen LogP contribution is -2.68. The van der Waals surface area contributed by atoms with E-state index in [1.165, 1.54) is 11.2 Å². The summed E-state index contributed by atoms with van der Waals surface area (Å²) in [5, 5.41) is 16.9. The van der Waals surface area contributed by atoms with Crippen molar-refractivity contribution in [2.45, 2.75) is 62.8 Å². The standard InChI is InChI=1S/C25H29F3N8O3S/c1-14-10-35(23(37)25(11-26)5-6-40(25,38)39)15(2)9-34(14)21-19-22(31-13-30-21)36(12-24(19,3)4)18-7-16(20(27)28)17(8-29)32-33-18/h7,13-15,20H,5-6,9-12H2,1-4H3/t14-,15+,25?/m0/s1. The van der Waals surface area contributed by atoms with E-state index in [-0.39, 0.29) is 30.6 Å². The Bertz CT molecular complexity index is 1510. The predicted molar refractivity (Wildman–Crippen MR) is 139 cm³/mol. The van der Waals surface area contributed by atoms with Crippen molar-refractivity contribution in [3.63, 3.8) is 0 Å². The van der Waals surface area contributed by atoms with Crippen LogP contribution in [0.1, 0.15) is 57.4 Å². The van der Waals surface area contributed by atoms with Crippen molar-refractivity contribution < 1.29 is 26.4 Å². The van der Waals surface area contributed by atoms with Gasteiger partial charge >= 0.3 is 0 Å². The molecule has 1 amide bonds. The number of sulfone groups is 1. The molecule has 2 aromatic heterocycles. The maximum atomic E-state index is 14.0. The lowest BCUT2D eigenvalue weighted by Gasteiger charge is -2.49. The third kappa shape index (κ3) is 4.06. The Morgan fingerprint density at radius 2 is 1.88 bits per heavy atom. The maximum Gasteiger partial charge on any atom is 0.266 e. The number of aromatic nitrogens is 4. The zero-order valence-electron chi connectivity index (χ0n) is 22.5. The van der Waals surface area contributed by atoms with Crippen molar-refractivity contribution in [3.05, 3.63) is 29.2 Å². The highest BCUT2D eigenvalue weighted by Crippen LogP contribution is 2.47. The first-order valence-corrected chi connectivity index (χ1v) is 14.5. The second-order valence-electron chi connectivity index (χ2n) is 11.3. The number of nitriles is 1. The molecule has 5 heterocycles. The Morgan fingerprint density at radius 1 is 1.18 bits per heavy atom. The number of carbonyl (C=O) groups excluding carboxylic acids is 1. The van der Waals surface area contributed by atoms with Crippen LogP contribution in [-0.2, 0) is 20.0 Å². The van der Waals surface area contributed by atoms with Gasteiger partial charge in [0.15, 0.2) is 26.1 Å². The fourth-order valence-electron chi connectivity index (χ4n) is 5.84. The van der Waals surface area contributed by atoms with E-state index in [9.17, 15) is 26.4 Å². The summed E-state index contributed by atoms with van der Waals surface area (Å²) in [5.41, 5.74) is -0.766. The molecule has 2 aromatic rings. The van der Waals surface area contributed by atoms with Crippen molar-refractivity contribution >= 4 is 33.2 Å². The molecule has 0 N–H and O–H groups in total. The van der Waals surface area contributed by atoms with Crippen LogP contribution in [0, 0.1) is 11.3 Å². The van der Waals surface area contributed by atoms with Gasteiger partial charge in [-0.05, 0) is 26.3 Å². The van der Waals surface area contributed by atoms with Crippen LogP contribution in [0.4, 0.5) is 30.6 Å². The van der Waals surface area contributed by atoms with E-state index in [0.29, 0.717) is 24.7 Å². The Morgan fingerprint density at radius 3 is 2.45 bits per heavy atom. The van der Waals surface area contributed by atoms with Crippen LogP contribution in [0.2, 0.25) is 0 Å². The number of piperazine rings is 1. The molecule has 0 radical (unpaired) electrons. The highest BCUT2D eigenvalue weighted by atomic mass is 32.2. The second-order valence-corrected chi connectivity index (χ2v) is 13.7. The molecule has 2 fully saturated rings. The van der Waals surface area contributed by atoms with Gasteiger partial charge in [0.1, 0.15) is 30.7 Å². The fraction of sp³-hybridized carbons (Fsp3) is 0.600. The summed E-state index contributed by atoms with van der Waals surface area (Å²) in [6.45, 7) is 7.14. The first-order valence-electron chi connectivity index (χ1n) is 12.8. The summed E-state index contributed by atoms with van der Waals surface area (Å²) < 4.78 is 64.0. The number of carbonyl (C=O) groups is 1. The van der Waals surface area contributed by atoms with Gasteiger partial charge in [-0.2, -0.15) is 5.26 Å². The molecule has 11 nitrogen and oxygen atoms in total. The number of hydrogen-bond acceptors (Lipinski definition) is 10. The van der Waals surface area contributed by atoms with Gasteiger partial charge < -0.3 is 14.7 Å². The highest BCUT2D eigenvalue weighted by Gasteiger charge is 2.60. The third-order valence-corrected chi connectivity index (χ3v) is 10.6. The molecule has 0 spiro atoms. The summed E-state index contributed by atoms with van der Waals surface area (Å²) in [6.07, 6.45) is -1.57. The largest absolute Gasteiger partial charge is 0.350 e. The van der Waals surface area contributed by atoms with Gasteiger partial charge in [-0.25, -0.2) is 31.6 Å². The van der Waals surface area contributed by atoms with Crippen molar-refractivity contribution in [2.24, 2.45) is 0 Å². The summed E-state index contributed by atoms with van der Waals surface area (Å²) in [4.78, 5) is 27.5. The van der Waals surface area contributed by atoms with Crippen LogP contribution in [0.3, 0.4) is 0 Å². The van der Waals surface area contributed by atoms with Gasteiger partial charge in [-0.3, -0.25) is 4.79 Å². The molecular formula is C25H29F3N8O3S. The van der Waals surface area contributed by atoms with Gasteiger partial charge in [0.25, 0.3) is 6.43 Å². The third-order valence-electron chi connectivity index (χ3n) is 8.22. The van der Waals surface area contributed by atoms with Gasteiger partial charge in [0, 0.05) is 42.7 Å². The molecule has 0 aromatic carbocycles. The van der Waals surface area contributed by atoms with E-state index in [0.717, 1.165) is 11.6 Å². The molecular weight excluding hydrogens is 549 g/mol. The molecule has 0 saturated carbocycles. The number of nitrogens with zero attached hydrogens (tertiary/aromatic N) is 8. The second kappa shape index (κ2) is 9.53. The number of fused-ring (bicyclic) bond motifs is 1. The van der Waals surface area contributed by atoms with E-state index in [1.54, 1.807) is 17.9 Å². The minimum Gasteiger partial charge on any atom is -0.350 e. The average molecular weight is 579 g/mol. The number of alkyl halides is 3. The normalized spacial score (nSPS) is 26.8. The van der Waals surface area contributed by atoms with Crippen molar-refractivity contribution in [1.29, 1.82) is 5.26 Å². The maximum absolute atomic E-state index is 14.0. The fourth-order valence-corrected chi connectivity index (χ4v) is 7.42. The van der Waals surface area contributed by atoms with Crippen molar-refractivity contribution in [1.82, 2.24) is 25.1 Å². The molecule has 40 heavy (non-hydrogen) atoms. The zero-order chi connectivity index (χ0) is 29.2. The van der Waals surface area contributed by atoms with Crippen molar-refractivity contribution in [2.75, 3.05) is 41.9 Å². The summed E-state index contributed by atoms with van der Waals surface area (Å²) in [7, 11) is -3.84. The number of amides is 1. The number of anilines is 3. The first kappa shape index (κ1) is 28.0. The van der Waals surface area contributed by atoms with Crippen LogP contribution in [0.25, 0.3) is 0 Å². The first-order chi connectivity index (χ1) is 18.8. The van der Waals surface area contributed by atoms with E-state index >= 15 is 0 Å². The lowest BCUT2D eigenvalue weighted by molar-refractivity contribution is -0.138. The summed E-state index contributed by atoms with van der Waals surface area (Å²) in [5.74, 6) is 0.281. The lowest BCUT2D eigenvalue weighted by atomic mass is 9.87. The molecule has 1 unspecified atom stereocenters. The van der Waals surface area contributed by atoms with Crippen LogP contribution in [0.5, 0.6) is 0 Å². The minimum absolute atomic E-state index is 0.0268. The molecule has 0 aliphatic carbocycles. The monoisotopic (exact) mass is 578 g/mol. The number of rotatable bonds is 5. The minimum atomic E-state index is -3.84. The van der Waals surface area contributed by atoms with Gasteiger partial charge in [0.2, 0.25) is 5.91 Å². The predicted octanol–water partition coefficient (Wildman–Crippen LogP) is 2.46. The molecule has 0 bridgehead atoms. The highest BCUT2D eigenvalue weighted by molar-refractivity contribution is 7.95. The van der Waals surface area contributed by atoms with E-state index in [2.05, 4.69) is 20.2 Å². The smallest absolute Gasteiger partial charge is 0.266 e. The van der Waals surface area contributed by atoms with Gasteiger partial charge in [-0.15, -0.1) is 10.2 Å². The molecule has 5 rings (SSSR count). The SMILES string of the molecule is C[C@@H]1CN(c2ncnc3c2C(C)(C)CN3c2cc(C(F)F)c(C#N)nn2)[C@@H](C)CN1C(=O)C1(CF)CCS1(=O)=O. The Balaban J connectivity index is 1.48. The average Bonchev–Trinajstić information content (AvgIpc) is 3.20. The Labute approximate surface area is 229 Å². The molecule has 3 aliphatic rings.